The zero-order chi connectivity index (χ0) is 11.2. The molecule has 0 heterocycles. The van der Waals surface area contributed by atoms with E-state index in [1.807, 2.05) is 0 Å². The molecule has 90 valence electrons. The average Bonchev–Trinajstić information content (AvgIpc) is 2.70. The normalized spacial score (nSPS) is 35.7. The van der Waals surface area contributed by atoms with Gasteiger partial charge in [-0.25, -0.2) is 0 Å². The zero-order valence-electron chi connectivity index (χ0n) is 10.1. The molecule has 1 N–H and O–H groups in total. The summed E-state index contributed by atoms with van der Waals surface area (Å²) in [6.07, 6.45) is 18.0. The van der Waals surface area contributed by atoms with E-state index in [4.69, 9.17) is 0 Å². The number of hydrogen-bond acceptors (Lipinski definition) is 1. The first-order valence-corrected chi connectivity index (χ1v) is 6.82. The minimum atomic E-state index is 0.382. The van der Waals surface area contributed by atoms with Crippen molar-refractivity contribution < 1.29 is 5.11 Å². The van der Waals surface area contributed by atoms with Crippen LogP contribution >= 0.6 is 0 Å². The van der Waals surface area contributed by atoms with Crippen LogP contribution in [-0.4, -0.2) is 11.7 Å². The minimum Gasteiger partial charge on any atom is -0.396 e. The molecule has 0 aromatic rings. The van der Waals surface area contributed by atoms with Crippen molar-refractivity contribution >= 4 is 0 Å². The Morgan fingerprint density at radius 1 is 0.938 bits per heavy atom. The van der Waals surface area contributed by atoms with Crippen LogP contribution in [0.5, 0.6) is 0 Å². The summed E-state index contributed by atoms with van der Waals surface area (Å²) in [5.41, 5.74) is 0. The molecule has 2 rings (SSSR count). The molecule has 0 spiro atoms. The van der Waals surface area contributed by atoms with Crippen molar-refractivity contribution in [3.8, 4) is 0 Å². The first-order valence-electron chi connectivity index (χ1n) is 6.82. The Morgan fingerprint density at radius 3 is 2.62 bits per heavy atom. The quantitative estimate of drug-likeness (QED) is 0.704. The van der Waals surface area contributed by atoms with Crippen LogP contribution < -0.4 is 0 Å². The summed E-state index contributed by atoms with van der Waals surface area (Å²) in [6, 6.07) is 0. The van der Waals surface area contributed by atoms with E-state index in [2.05, 4.69) is 24.3 Å². The molecule has 16 heavy (non-hydrogen) atoms. The third kappa shape index (κ3) is 2.98. The van der Waals surface area contributed by atoms with E-state index < -0.39 is 0 Å². The van der Waals surface area contributed by atoms with Crippen molar-refractivity contribution in [1.82, 2.24) is 0 Å². The maximum atomic E-state index is 9.54. The van der Waals surface area contributed by atoms with E-state index in [-0.39, 0.29) is 0 Å². The Bertz CT molecular complexity index is 254. The van der Waals surface area contributed by atoms with Crippen LogP contribution in [0.1, 0.15) is 44.9 Å². The monoisotopic (exact) mass is 220 g/mol. The highest BCUT2D eigenvalue weighted by Crippen LogP contribution is 2.36. The summed E-state index contributed by atoms with van der Waals surface area (Å²) in [5, 5.41) is 9.54. The minimum absolute atomic E-state index is 0.382. The van der Waals surface area contributed by atoms with E-state index in [1.165, 1.54) is 38.5 Å². The molecule has 0 fully saturated rings. The Hall–Kier alpha value is -0.560. The third-order valence-corrected chi connectivity index (χ3v) is 4.28. The highest BCUT2D eigenvalue weighted by molar-refractivity contribution is 4.96. The number of aliphatic hydroxyl groups is 1. The van der Waals surface area contributed by atoms with E-state index >= 15 is 0 Å². The number of aliphatic hydroxyl groups excluding tert-OH is 1. The molecule has 0 aromatic heterocycles. The molecule has 1 nitrogen and oxygen atoms in total. The van der Waals surface area contributed by atoms with Crippen LogP contribution in [-0.2, 0) is 0 Å². The Labute approximate surface area is 99.3 Å². The van der Waals surface area contributed by atoms with Gasteiger partial charge in [0.05, 0.1) is 0 Å². The molecule has 0 bridgehead atoms. The lowest BCUT2D eigenvalue weighted by molar-refractivity contribution is 0.127. The number of allylic oxidation sites excluding steroid dienone is 4. The molecule has 0 aliphatic heterocycles. The molecular weight excluding hydrogens is 196 g/mol. The molecule has 0 saturated carbocycles. The fourth-order valence-electron chi connectivity index (χ4n) is 3.29. The molecular formula is C15H24O. The van der Waals surface area contributed by atoms with Crippen molar-refractivity contribution in [2.24, 2.45) is 17.8 Å². The maximum absolute atomic E-state index is 9.54. The van der Waals surface area contributed by atoms with Gasteiger partial charge in [0.25, 0.3) is 0 Å². The molecule has 0 amide bonds. The highest BCUT2D eigenvalue weighted by Gasteiger charge is 2.28. The second kappa shape index (κ2) is 6.24. The summed E-state index contributed by atoms with van der Waals surface area (Å²) in [7, 11) is 0. The van der Waals surface area contributed by atoms with Gasteiger partial charge in [-0.1, -0.05) is 24.3 Å². The van der Waals surface area contributed by atoms with Gasteiger partial charge in [0.15, 0.2) is 0 Å². The topological polar surface area (TPSA) is 20.2 Å². The Morgan fingerprint density at radius 2 is 1.75 bits per heavy atom. The molecule has 0 aromatic carbocycles. The summed E-state index contributed by atoms with van der Waals surface area (Å²) in [5.74, 6) is 2.05. The zero-order valence-corrected chi connectivity index (χ0v) is 10.1. The van der Waals surface area contributed by atoms with E-state index in [9.17, 15) is 5.11 Å². The molecule has 2 aliphatic rings. The van der Waals surface area contributed by atoms with Crippen LogP contribution in [0.25, 0.3) is 0 Å². The maximum Gasteiger partial charge on any atom is 0.0462 e. The molecule has 1 heteroatoms. The fourth-order valence-corrected chi connectivity index (χ4v) is 3.29. The summed E-state index contributed by atoms with van der Waals surface area (Å²) >= 11 is 0. The van der Waals surface area contributed by atoms with Gasteiger partial charge in [0.2, 0.25) is 0 Å². The lowest BCUT2D eigenvalue weighted by atomic mass is 9.75. The average molecular weight is 220 g/mol. The number of hydrogen-bond donors (Lipinski definition) is 1. The van der Waals surface area contributed by atoms with Gasteiger partial charge in [0, 0.05) is 6.61 Å². The molecule has 3 atom stereocenters. The summed E-state index contributed by atoms with van der Waals surface area (Å²) in [4.78, 5) is 0. The van der Waals surface area contributed by atoms with E-state index in [0.717, 1.165) is 12.3 Å². The van der Waals surface area contributed by atoms with Gasteiger partial charge < -0.3 is 5.11 Å². The van der Waals surface area contributed by atoms with Gasteiger partial charge >= 0.3 is 0 Å². The lowest BCUT2D eigenvalue weighted by Gasteiger charge is -2.30. The number of rotatable bonds is 2. The van der Waals surface area contributed by atoms with Crippen molar-refractivity contribution in [3.63, 3.8) is 0 Å². The molecule has 2 aliphatic carbocycles. The van der Waals surface area contributed by atoms with Gasteiger partial charge in [-0.2, -0.15) is 0 Å². The first kappa shape index (κ1) is 11.9. The molecule has 3 unspecified atom stereocenters. The van der Waals surface area contributed by atoms with Crippen LogP contribution in [0.3, 0.4) is 0 Å². The second-order valence-electron chi connectivity index (χ2n) is 5.29. The third-order valence-electron chi connectivity index (χ3n) is 4.28. The largest absolute Gasteiger partial charge is 0.396 e. The lowest BCUT2D eigenvalue weighted by Crippen LogP contribution is -2.25. The molecule has 0 radical (unpaired) electrons. The SMILES string of the molecule is OCC1CCC=CCC1C1CC=CCCC1. The smallest absolute Gasteiger partial charge is 0.0462 e. The summed E-state index contributed by atoms with van der Waals surface area (Å²) < 4.78 is 0. The highest BCUT2D eigenvalue weighted by atomic mass is 16.3. The van der Waals surface area contributed by atoms with Gasteiger partial charge in [-0.15, -0.1) is 0 Å². The van der Waals surface area contributed by atoms with Crippen molar-refractivity contribution in [3.05, 3.63) is 24.3 Å². The standard InChI is InChI=1S/C15H24O/c16-12-14-10-6-3-7-11-15(14)13-8-4-1-2-5-9-13/h1,3-4,7,13-16H,2,5-6,8-12H2. The predicted octanol–water partition coefficient (Wildman–Crippen LogP) is 3.70. The van der Waals surface area contributed by atoms with Crippen molar-refractivity contribution in [2.75, 3.05) is 6.61 Å². The van der Waals surface area contributed by atoms with Crippen molar-refractivity contribution in [1.29, 1.82) is 0 Å². The van der Waals surface area contributed by atoms with Gasteiger partial charge in [-0.05, 0) is 62.7 Å². The summed E-state index contributed by atoms with van der Waals surface area (Å²) in [6.45, 7) is 0.382. The second-order valence-corrected chi connectivity index (χ2v) is 5.29. The van der Waals surface area contributed by atoms with Crippen LogP contribution in [0.15, 0.2) is 24.3 Å². The van der Waals surface area contributed by atoms with Gasteiger partial charge in [0.1, 0.15) is 0 Å². The first-order chi connectivity index (χ1) is 7.92. The van der Waals surface area contributed by atoms with Crippen LogP contribution in [0.2, 0.25) is 0 Å². The van der Waals surface area contributed by atoms with Gasteiger partial charge in [-0.3, -0.25) is 0 Å². The van der Waals surface area contributed by atoms with Crippen LogP contribution in [0, 0.1) is 17.8 Å². The predicted molar refractivity (Wildman–Crippen MR) is 68.2 cm³/mol. The molecule has 0 saturated heterocycles. The van der Waals surface area contributed by atoms with E-state index in [1.54, 1.807) is 0 Å². The Balaban J connectivity index is 2.02. The van der Waals surface area contributed by atoms with Crippen LogP contribution in [0.4, 0.5) is 0 Å². The van der Waals surface area contributed by atoms with E-state index in [0.29, 0.717) is 18.4 Å². The fraction of sp³-hybridized carbons (Fsp3) is 0.733. The van der Waals surface area contributed by atoms with Crippen molar-refractivity contribution in [2.45, 2.75) is 44.9 Å². The Kier molecular flexibility index (Phi) is 4.65.